The van der Waals surface area contributed by atoms with Gasteiger partial charge in [0, 0.05) is 23.5 Å². The average molecular weight is 393 g/mol. The van der Waals surface area contributed by atoms with Gasteiger partial charge in [0.1, 0.15) is 0 Å². The average Bonchev–Trinajstić information content (AvgIpc) is 2.76. The number of para-hydroxylation sites is 2. The summed E-state index contributed by atoms with van der Waals surface area (Å²) in [5, 5.41) is 0. The molecule has 0 unspecified atom stereocenters. The molecule has 0 bridgehead atoms. The fourth-order valence-electron chi connectivity index (χ4n) is 3.79. The van der Waals surface area contributed by atoms with Gasteiger partial charge in [-0.05, 0) is 44.5 Å². The van der Waals surface area contributed by atoms with E-state index in [1.165, 1.54) is 7.11 Å². The SMILES string of the molecule is C=C1C(=O)[C@](C)(C(=O)OC)[C@@H](CCN(c2ccccc2)c2ccccc2)O[C@H]1C. The molecule has 152 valence electrons. The summed E-state index contributed by atoms with van der Waals surface area (Å²) in [7, 11) is 1.29. The second kappa shape index (κ2) is 8.62. The molecule has 3 atom stereocenters. The van der Waals surface area contributed by atoms with Crippen molar-refractivity contribution in [2.45, 2.75) is 32.5 Å². The van der Waals surface area contributed by atoms with Crippen LogP contribution in [0.5, 0.6) is 0 Å². The quantitative estimate of drug-likeness (QED) is 0.416. The number of Topliss-reactive ketones (excluding diaryl/α,β-unsaturated/α-hetero) is 1. The number of ether oxygens (including phenoxy) is 2. The van der Waals surface area contributed by atoms with E-state index in [4.69, 9.17) is 9.47 Å². The van der Waals surface area contributed by atoms with Crippen molar-refractivity contribution in [2.75, 3.05) is 18.6 Å². The van der Waals surface area contributed by atoms with Crippen molar-refractivity contribution in [3.8, 4) is 0 Å². The predicted molar refractivity (Wildman–Crippen MR) is 113 cm³/mol. The van der Waals surface area contributed by atoms with Crippen molar-refractivity contribution in [3.05, 3.63) is 72.8 Å². The van der Waals surface area contributed by atoms with Crippen LogP contribution < -0.4 is 4.90 Å². The molecule has 0 spiro atoms. The standard InChI is InChI=1S/C24H27NO4/c1-17-18(2)29-21(24(3,22(17)26)23(27)28-4)15-16-25(19-11-7-5-8-12-19)20-13-9-6-10-14-20/h5-14,18,21H,1,15-16H2,2-4H3/t18-,21+,24+/m0/s1. The Bertz CT molecular complexity index is 841. The highest BCUT2D eigenvalue weighted by atomic mass is 16.5. The highest BCUT2D eigenvalue weighted by Crippen LogP contribution is 2.39. The van der Waals surface area contributed by atoms with E-state index in [0.29, 0.717) is 18.5 Å². The minimum Gasteiger partial charge on any atom is -0.468 e. The molecular weight excluding hydrogens is 366 g/mol. The molecule has 5 nitrogen and oxygen atoms in total. The van der Waals surface area contributed by atoms with Crippen LogP contribution in [0.25, 0.3) is 0 Å². The molecule has 0 aromatic heterocycles. The minimum absolute atomic E-state index is 0.303. The number of hydrogen-bond acceptors (Lipinski definition) is 5. The van der Waals surface area contributed by atoms with E-state index in [1.807, 2.05) is 60.7 Å². The van der Waals surface area contributed by atoms with Crippen molar-refractivity contribution in [1.29, 1.82) is 0 Å². The van der Waals surface area contributed by atoms with Gasteiger partial charge in [-0.25, -0.2) is 0 Å². The lowest BCUT2D eigenvalue weighted by molar-refractivity contribution is -0.174. The zero-order valence-corrected chi connectivity index (χ0v) is 17.1. The number of carbonyl (C=O) groups excluding carboxylic acids is 2. The van der Waals surface area contributed by atoms with Crippen LogP contribution in [-0.4, -0.2) is 37.6 Å². The van der Waals surface area contributed by atoms with E-state index >= 15 is 0 Å². The van der Waals surface area contributed by atoms with Crippen LogP contribution in [-0.2, 0) is 19.1 Å². The van der Waals surface area contributed by atoms with Gasteiger partial charge in [-0.1, -0.05) is 43.0 Å². The Balaban J connectivity index is 1.90. The molecule has 1 aliphatic rings. The Labute approximate surface area is 171 Å². The number of benzene rings is 2. The van der Waals surface area contributed by atoms with Crippen LogP contribution >= 0.6 is 0 Å². The molecule has 0 saturated carbocycles. The number of hydrogen-bond donors (Lipinski definition) is 0. The third-order valence-electron chi connectivity index (χ3n) is 5.63. The summed E-state index contributed by atoms with van der Waals surface area (Å²) >= 11 is 0. The summed E-state index contributed by atoms with van der Waals surface area (Å²) in [6, 6.07) is 20.0. The summed E-state index contributed by atoms with van der Waals surface area (Å²) < 4.78 is 11.0. The Hall–Kier alpha value is -2.92. The topological polar surface area (TPSA) is 55.8 Å². The lowest BCUT2D eigenvalue weighted by Crippen LogP contribution is -2.55. The summed E-state index contributed by atoms with van der Waals surface area (Å²) in [6.07, 6.45) is -0.580. The van der Waals surface area contributed by atoms with E-state index < -0.39 is 23.6 Å². The smallest absolute Gasteiger partial charge is 0.322 e. The molecule has 29 heavy (non-hydrogen) atoms. The molecule has 1 heterocycles. The van der Waals surface area contributed by atoms with Crippen LogP contribution in [0.1, 0.15) is 20.3 Å². The van der Waals surface area contributed by atoms with Crippen LogP contribution in [0.4, 0.5) is 11.4 Å². The highest BCUT2D eigenvalue weighted by Gasteiger charge is 2.54. The molecule has 0 radical (unpaired) electrons. The Morgan fingerprint density at radius 2 is 1.62 bits per heavy atom. The molecular formula is C24H27NO4. The second-order valence-corrected chi connectivity index (χ2v) is 7.43. The van der Waals surface area contributed by atoms with E-state index in [9.17, 15) is 9.59 Å². The first-order valence-electron chi connectivity index (χ1n) is 9.74. The zero-order valence-electron chi connectivity index (χ0n) is 17.1. The van der Waals surface area contributed by atoms with Gasteiger partial charge >= 0.3 is 5.97 Å². The van der Waals surface area contributed by atoms with Gasteiger partial charge in [0.05, 0.1) is 19.3 Å². The third-order valence-corrected chi connectivity index (χ3v) is 5.63. The van der Waals surface area contributed by atoms with Gasteiger partial charge < -0.3 is 14.4 Å². The Morgan fingerprint density at radius 1 is 1.10 bits per heavy atom. The molecule has 0 amide bonds. The monoisotopic (exact) mass is 393 g/mol. The van der Waals surface area contributed by atoms with Gasteiger partial charge in [0.2, 0.25) is 0 Å². The van der Waals surface area contributed by atoms with Crippen molar-refractivity contribution < 1.29 is 19.1 Å². The molecule has 1 fully saturated rings. The first-order chi connectivity index (χ1) is 13.9. The number of methoxy groups -OCH3 is 1. The maximum absolute atomic E-state index is 13.0. The predicted octanol–water partition coefficient (Wildman–Crippen LogP) is 4.31. The summed E-state index contributed by atoms with van der Waals surface area (Å²) in [5.41, 5.74) is 0.949. The van der Waals surface area contributed by atoms with Crippen LogP contribution in [0.15, 0.2) is 72.8 Å². The first-order valence-corrected chi connectivity index (χ1v) is 9.74. The van der Waals surface area contributed by atoms with E-state index in [-0.39, 0.29) is 5.78 Å². The van der Waals surface area contributed by atoms with Gasteiger partial charge in [-0.15, -0.1) is 0 Å². The van der Waals surface area contributed by atoms with Gasteiger partial charge in [-0.3, -0.25) is 9.59 Å². The first kappa shape index (κ1) is 20.8. The van der Waals surface area contributed by atoms with Gasteiger partial charge in [-0.2, -0.15) is 0 Å². The number of ketones is 1. The molecule has 2 aromatic carbocycles. The lowest BCUT2D eigenvalue weighted by Gasteiger charge is -2.42. The molecule has 1 aliphatic heterocycles. The molecule has 1 saturated heterocycles. The van der Waals surface area contributed by atoms with E-state index in [2.05, 4.69) is 11.5 Å². The fourth-order valence-corrected chi connectivity index (χ4v) is 3.79. The van der Waals surface area contributed by atoms with Crippen molar-refractivity contribution >= 4 is 23.1 Å². The second-order valence-electron chi connectivity index (χ2n) is 7.43. The highest BCUT2D eigenvalue weighted by molar-refractivity contribution is 6.13. The molecule has 3 rings (SSSR count). The van der Waals surface area contributed by atoms with Crippen LogP contribution in [0, 0.1) is 5.41 Å². The zero-order chi connectivity index (χ0) is 21.0. The largest absolute Gasteiger partial charge is 0.468 e. The molecule has 0 N–H and O–H groups in total. The molecule has 2 aromatic rings. The van der Waals surface area contributed by atoms with Crippen molar-refractivity contribution in [2.24, 2.45) is 5.41 Å². The number of anilines is 2. The number of rotatable bonds is 6. The Kier molecular flexibility index (Phi) is 6.18. The number of carbonyl (C=O) groups is 2. The maximum Gasteiger partial charge on any atom is 0.322 e. The van der Waals surface area contributed by atoms with E-state index in [1.54, 1.807) is 13.8 Å². The normalized spacial score (nSPS) is 24.2. The lowest BCUT2D eigenvalue weighted by atomic mass is 9.73. The maximum atomic E-state index is 13.0. The molecule has 5 heteroatoms. The number of nitrogens with zero attached hydrogens (tertiary/aromatic N) is 1. The van der Waals surface area contributed by atoms with Crippen molar-refractivity contribution in [3.63, 3.8) is 0 Å². The Morgan fingerprint density at radius 3 is 2.10 bits per heavy atom. The summed E-state index contributed by atoms with van der Waals surface area (Å²) in [4.78, 5) is 27.7. The van der Waals surface area contributed by atoms with Gasteiger partial charge in [0.15, 0.2) is 11.2 Å². The summed E-state index contributed by atoms with van der Waals surface area (Å²) in [5.74, 6) is -0.898. The minimum atomic E-state index is -1.41. The summed E-state index contributed by atoms with van der Waals surface area (Å²) in [6.45, 7) is 7.77. The fraction of sp³-hybridized carbons (Fsp3) is 0.333. The van der Waals surface area contributed by atoms with Crippen molar-refractivity contribution in [1.82, 2.24) is 0 Å². The number of esters is 1. The van der Waals surface area contributed by atoms with Crippen LogP contribution in [0.2, 0.25) is 0 Å². The van der Waals surface area contributed by atoms with Crippen LogP contribution in [0.3, 0.4) is 0 Å². The van der Waals surface area contributed by atoms with Gasteiger partial charge in [0.25, 0.3) is 0 Å². The van der Waals surface area contributed by atoms with E-state index in [0.717, 1.165) is 11.4 Å². The molecule has 0 aliphatic carbocycles. The third kappa shape index (κ3) is 3.96.